The lowest BCUT2D eigenvalue weighted by Crippen LogP contribution is -2.52. The van der Waals surface area contributed by atoms with E-state index in [4.69, 9.17) is 15.7 Å². The average Bonchev–Trinajstić information content (AvgIpc) is 2.35. The van der Waals surface area contributed by atoms with Crippen LogP contribution in [0.5, 0.6) is 0 Å². The molecule has 4 atom stereocenters. The monoisotopic (exact) mass is 308 g/mol. The second-order valence-corrected chi connectivity index (χ2v) is 5.42. The van der Waals surface area contributed by atoms with Crippen LogP contribution in [0.1, 0.15) is 20.3 Å². The van der Waals surface area contributed by atoms with E-state index in [9.17, 15) is 18.9 Å². The fourth-order valence-corrected chi connectivity index (χ4v) is 1.67. The number of carboxylic acids is 1. The van der Waals surface area contributed by atoms with Crippen molar-refractivity contribution in [2.24, 2.45) is 5.73 Å². The highest BCUT2D eigenvalue weighted by Crippen LogP contribution is 2.14. The summed E-state index contributed by atoms with van der Waals surface area (Å²) in [5.74, 6) is -2.50. The number of aliphatic carboxylic acids is 1. The molecule has 10 heteroatoms. The molecule has 0 aliphatic carbocycles. The van der Waals surface area contributed by atoms with Crippen molar-refractivity contribution in [3.05, 3.63) is 0 Å². The van der Waals surface area contributed by atoms with Gasteiger partial charge in [0, 0.05) is 6.42 Å². The molecular weight excluding hydrogens is 289 g/mol. The number of carboxylic acid groups (broad SMARTS) is 1. The Morgan fingerprint density at radius 2 is 1.65 bits per heavy atom. The van der Waals surface area contributed by atoms with E-state index in [1.165, 1.54) is 13.8 Å². The molecule has 0 aliphatic rings. The third-order valence-electron chi connectivity index (χ3n) is 2.45. The standard InChI is InChI=1S/C10H18N3O6P/c1-5(8(14)13-6(2)10(16)17)12-9(15)7(11)3-4-20(18)19/h5-7H,3-4,11H2,1-2H3,(H3-,12,13,14,15,16,17,18,19)/p+1/t5-,6-,7-/m1/s1. The number of nitrogens with one attached hydrogen (secondary N) is 2. The zero-order valence-electron chi connectivity index (χ0n) is 11.2. The molecular formula is C10H19N3O6P+. The molecule has 0 rings (SSSR count). The van der Waals surface area contributed by atoms with Crippen LogP contribution in [0, 0.1) is 0 Å². The van der Waals surface area contributed by atoms with Crippen molar-refractivity contribution in [2.75, 3.05) is 6.16 Å². The Hall–Kier alpha value is -1.57. The van der Waals surface area contributed by atoms with E-state index in [1.807, 2.05) is 0 Å². The highest BCUT2D eigenvalue weighted by atomic mass is 31.1. The number of nitrogens with two attached hydrogens (primary N) is 1. The maximum atomic E-state index is 11.6. The number of hydrogen-bond donors (Lipinski definition) is 5. The molecule has 20 heavy (non-hydrogen) atoms. The lowest BCUT2D eigenvalue weighted by atomic mass is 10.2. The Kier molecular flexibility index (Phi) is 7.90. The average molecular weight is 308 g/mol. The number of amides is 2. The summed E-state index contributed by atoms with van der Waals surface area (Å²) in [5, 5.41) is 13.1. The van der Waals surface area contributed by atoms with Crippen LogP contribution in [0.25, 0.3) is 0 Å². The minimum absolute atomic E-state index is 0.0113. The summed E-state index contributed by atoms with van der Waals surface area (Å²) in [6, 6.07) is -3.04. The van der Waals surface area contributed by atoms with Gasteiger partial charge < -0.3 is 21.5 Å². The fourth-order valence-electron chi connectivity index (χ4n) is 1.17. The van der Waals surface area contributed by atoms with E-state index in [-0.39, 0.29) is 12.6 Å². The zero-order chi connectivity index (χ0) is 15.9. The molecule has 0 aromatic carbocycles. The first-order valence-corrected chi connectivity index (χ1v) is 7.27. The molecule has 0 saturated carbocycles. The van der Waals surface area contributed by atoms with Crippen LogP contribution >= 0.6 is 8.03 Å². The molecule has 0 aromatic heterocycles. The van der Waals surface area contributed by atoms with Crippen LogP contribution in [-0.2, 0) is 18.9 Å². The van der Waals surface area contributed by atoms with Crippen molar-refractivity contribution < 1.29 is 28.9 Å². The van der Waals surface area contributed by atoms with E-state index in [0.29, 0.717) is 0 Å². The van der Waals surface area contributed by atoms with Gasteiger partial charge in [-0.1, -0.05) is 0 Å². The molecule has 9 nitrogen and oxygen atoms in total. The zero-order valence-corrected chi connectivity index (χ0v) is 12.1. The Morgan fingerprint density at radius 1 is 1.15 bits per heavy atom. The molecule has 0 heterocycles. The summed E-state index contributed by atoms with van der Waals surface area (Å²) >= 11 is 0. The van der Waals surface area contributed by atoms with E-state index in [0.717, 1.165) is 0 Å². The first-order chi connectivity index (χ1) is 9.15. The lowest BCUT2D eigenvalue weighted by molar-refractivity contribution is -0.141. The molecule has 0 radical (unpaired) electrons. The first-order valence-electron chi connectivity index (χ1n) is 5.87. The minimum atomic E-state index is -2.36. The fraction of sp³-hybridized carbons (Fsp3) is 0.700. The van der Waals surface area contributed by atoms with Gasteiger partial charge in [-0.15, -0.1) is 0 Å². The van der Waals surface area contributed by atoms with Gasteiger partial charge in [0.05, 0.1) is 6.04 Å². The number of carbonyl (C=O) groups is 3. The van der Waals surface area contributed by atoms with Crippen molar-refractivity contribution in [2.45, 2.75) is 38.4 Å². The molecule has 2 amide bonds. The van der Waals surface area contributed by atoms with Gasteiger partial charge in [0.1, 0.15) is 12.1 Å². The van der Waals surface area contributed by atoms with Crippen LogP contribution in [0.3, 0.4) is 0 Å². The van der Waals surface area contributed by atoms with E-state index >= 15 is 0 Å². The summed E-state index contributed by atoms with van der Waals surface area (Å²) < 4.78 is 10.5. The predicted molar refractivity (Wildman–Crippen MR) is 70.1 cm³/mol. The predicted octanol–water partition coefficient (Wildman–Crippen LogP) is -1.47. The van der Waals surface area contributed by atoms with Crippen molar-refractivity contribution in [3.63, 3.8) is 0 Å². The van der Waals surface area contributed by atoms with Crippen LogP contribution in [0.2, 0.25) is 0 Å². The van der Waals surface area contributed by atoms with Gasteiger partial charge in [0.2, 0.25) is 11.8 Å². The molecule has 0 aromatic rings. The summed E-state index contributed by atoms with van der Waals surface area (Å²) in [7, 11) is -2.36. The van der Waals surface area contributed by atoms with Gasteiger partial charge >= 0.3 is 14.0 Å². The number of rotatable bonds is 8. The largest absolute Gasteiger partial charge is 0.505 e. The van der Waals surface area contributed by atoms with Crippen LogP contribution in [0.15, 0.2) is 0 Å². The molecule has 114 valence electrons. The smallest absolute Gasteiger partial charge is 0.480 e. The van der Waals surface area contributed by atoms with Gasteiger partial charge in [-0.25, -0.2) is 0 Å². The van der Waals surface area contributed by atoms with E-state index in [2.05, 4.69) is 10.6 Å². The third-order valence-corrected chi connectivity index (χ3v) is 3.09. The normalized spacial score (nSPS) is 15.7. The Bertz CT molecular complexity index is 402. The summed E-state index contributed by atoms with van der Waals surface area (Å²) in [6.07, 6.45) is -0.0993. The van der Waals surface area contributed by atoms with E-state index in [1.54, 1.807) is 0 Å². The number of carbonyl (C=O) groups excluding carboxylic acids is 2. The van der Waals surface area contributed by atoms with E-state index < -0.39 is 43.9 Å². The molecule has 0 saturated heterocycles. The highest BCUT2D eigenvalue weighted by molar-refractivity contribution is 7.37. The molecule has 6 N–H and O–H groups in total. The second-order valence-electron chi connectivity index (χ2n) is 4.27. The second kappa shape index (κ2) is 8.57. The van der Waals surface area contributed by atoms with Crippen LogP contribution in [-0.4, -0.2) is 52.1 Å². The Balaban J connectivity index is 4.27. The SMILES string of the molecule is C[C@@H](NC(=O)[C@@H](C)NC(=O)[C@H](N)CC[P+](=O)O)C(=O)O. The van der Waals surface area contributed by atoms with Crippen molar-refractivity contribution >= 4 is 25.8 Å². The third kappa shape index (κ3) is 7.13. The number of hydrogen-bond acceptors (Lipinski definition) is 5. The summed E-state index contributed by atoms with van der Waals surface area (Å²) in [5.41, 5.74) is 5.49. The molecule has 0 bridgehead atoms. The molecule has 0 spiro atoms. The van der Waals surface area contributed by atoms with Crippen LogP contribution in [0.4, 0.5) is 0 Å². The van der Waals surface area contributed by atoms with Gasteiger partial charge in [0.15, 0.2) is 6.16 Å². The quantitative estimate of drug-likeness (QED) is 0.342. The maximum Gasteiger partial charge on any atom is 0.505 e. The molecule has 0 aliphatic heterocycles. The van der Waals surface area contributed by atoms with Crippen molar-refractivity contribution in [1.29, 1.82) is 0 Å². The first kappa shape index (κ1) is 18.4. The lowest BCUT2D eigenvalue weighted by Gasteiger charge is -2.17. The van der Waals surface area contributed by atoms with Crippen molar-refractivity contribution in [1.82, 2.24) is 10.6 Å². The van der Waals surface area contributed by atoms with Gasteiger partial charge in [-0.3, -0.25) is 14.4 Å². The molecule has 1 unspecified atom stereocenters. The minimum Gasteiger partial charge on any atom is -0.480 e. The topological polar surface area (TPSA) is 159 Å². The molecule has 0 fully saturated rings. The van der Waals surface area contributed by atoms with Crippen molar-refractivity contribution in [3.8, 4) is 0 Å². The van der Waals surface area contributed by atoms with Gasteiger partial charge in [0.25, 0.3) is 0 Å². The van der Waals surface area contributed by atoms with Gasteiger partial charge in [-0.2, -0.15) is 4.89 Å². The summed E-state index contributed by atoms with van der Waals surface area (Å²) in [6.45, 7) is 2.67. The Morgan fingerprint density at radius 3 is 2.10 bits per heavy atom. The Labute approximate surface area is 116 Å². The summed E-state index contributed by atoms with van der Waals surface area (Å²) in [4.78, 5) is 42.3. The maximum absolute atomic E-state index is 11.6. The highest BCUT2D eigenvalue weighted by Gasteiger charge is 2.24. The van der Waals surface area contributed by atoms with Gasteiger partial charge in [-0.05, 0) is 18.4 Å². The van der Waals surface area contributed by atoms with Crippen LogP contribution < -0.4 is 16.4 Å².